The maximum Gasteiger partial charge on any atom is 0.334 e. The van der Waals surface area contributed by atoms with E-state index in [9.17, 15) is 19.7 Å². The van der Waals surface area contributed by atoms with E-state index in [2.05, 4.69) is 39.5 Å². The van der Waals surface area contributed by atoms with Crippen LogP contribution >= 0.6 is 0 Å². The van der Waals surface area contributed by atoms with Crippen LogP contribution < -0.4 is 0 Å². The van der Waals surface area contributed by atoms with Crippen molar-refractivity contribution < 1.29 is 24.0 Å². The van der Waals surface area contributed by atoms with E-state index in [1.54, 1.807) is 18.2 Å². The van der Waals surface area contributed by atoms with Crippen LogP contribution in [0, 0.1) is 22.0 Å². The van der Waals surface area contributed by atoms with Gasteiger partial charge in [-0.05, 0) is 41.4 Å². The molecule has 1 heterocycles. The smallest absolute Gasteiger partial charge is 0.334 e. The van der Waals surface area contributed by atoms with Crippen LogP contribution in [0.4, 0.5) is 5.69 Å². The predicted molar refractivity (Wildman–Crippen MR) is 140 cm³/mol. The molecule has 194 valence electrons. The SMILES string of the molecule is C=C(C(=O)O[C@@H]1C[C@H](C)CC[C@H]1C(C)(C)c1ccccc1)[C@H](c1ccc([N+](=O)[O-])cc1)[C@@H]1C=CC(=O)O1. The van der Waals surface area contributed by atoms with Crippen molar-refractivity contribution in [3.05, 3.63) is 100 Å². The summed E-state index contributed by atoms with van der Waals surface area (Å²) in [5.41, 5.74) is 1.63. The number of rotatable bonds is 8. The van der Waals surface area contributed by atoms with Crippen LogP contribution in [0.2, 0.25) is 0 Å². The standard InChI is InChI=1S/C30H33NO6/c1-19-10-15-24(30(3,4)22-8-6-5-7-9-22)26(18-19)37-29(33)20(2)28(25-16-17-27(32)36-25)21-11-13-23(14-12-21)31(34)35/h5-9,11-14,16-17,19,24-26,28H,2,10,15,18H2,1,3-4H3/t19-,24-,25+,26-,28-/m1/s1. The van der Waals surface area contributed by atoms with Crippen molar-refractivity contribution >= 4 is 17.6 Å². The molecule has 0 aromatic heterocycles. The Hall–Kier alpha value is -3.74. The van der Waals surface area contributed by atoms with Crippen molar-refractivity contribution in [2.24, 2.45) is 11.8 Å². The maximum absolute atomic E-state index is 13.6. The van der Waals surface area contributed by atoms with Gasteiger partial charge in [0.25, 0.3) is 5.69 Å². The fraction of sp³-hybridized carbons (Fsp3) is 0.400. The molecular weight excluding hydrogens is 470 g/mol. The van der Waals surface area contributed by atoms with Gasteiger partial charge in [0.15, 0.2) is 0 Å². The molecule has 2 aliphatic rings. The fourth-order valence-electron chi connectivity index (χ4n) is 5.66. The Labute approximate surface area is 217 Å². The van der Waals surface area contributed by atoms with Gasteiger partial charge in [0.1, 0.15) is 12.2 Å². The third-order valence-corrected chi connectivity index (χ3v) is 7.86. The highest BCUT2D eigenvalue weighted by atomic mass is 16.6. The van der Waals surface area contributed by atoms with Crippen LogP contribution in [0.5, 0.6) is 0 Å². The third-order valence-electron chi connectivity index (χ3n) is 7.86. The lowest BCUT2D eigenvalue weighted by atomic mass is 9.64. The van der Waals surface area contributed by atoms with E-state index in [-0.39, 0.29) is 28.7 Å². The molecule has 0 N–H and O–H groups in total. The second-order valence-electron chi connectivity index (χ2n) is 10.7. The number of hydrogen-bond donors (Lipinski definition) is 0. The van der Waals surface area contributed by atoms with Gasteiger partial charge in [-0.1, -0.05) is 76.2 Å². The second-order valence-corrected chi connectivity index (χ2v) is 10.7. The summed E-state index contributed by atoms with van der Waals surface area (Å²) in [6.45, 7) is 10.6. The van der Waals surface area contributed by atoms with Crippen molar-refractivity contribution in [2.75, 3.05) is 0 Å². The molecule has 0 amide bonds. The van der Waals surface area contributed by atoms with Crippen molar-refractivity contribution in [1.29, 1.82) is 0 Å². The van der Waals surface area contributed by atoms with Gasteiger partial charge in [-0.15, -0.1) is 0 Å². The van der Waals surface area contributed by atoms with E-state index in [0.29, 0.717) is 11.5 Å². The normalized spacial score (nSPS) is 24.2. The number of carbonyl (C=O) groups is 2. The molecule has 0 saturated heterocycles. The van der Waals surface area contributed by atoms with Crippen molar-refractivity contribution in [3.63, 3.8) is 0 Å². The average Bonchev–Trinajstić information content (AvgIpc) is 3.30. The van der Waals surface area contributed by atoms with Crippen molar-refractivity contribution in [3.8, 4) is 0 Å². The minimum absolute atomic E-state index is 0.0724. The Morgan fingerprint density at radius 3 is 2.41 bits per heavy atom. The molecule has 1 saturated carbocycles. The maximum atomic E-state index is 13.6. The Kier molecular flexibility index (Phi) is 7.62. The topological polar surface area (TPSA) is 95.7 Å². The molecule has 1 aliphatic heterocycles. The summed E-state index contributed by atoms with van der Waals surface area (Å²) >= 11 is 0. The molecule has 7 heteroatoms. The molecule has 4 rings (SSSR count). The van der Waals surface area contributed by atoms with Gasteiger partial charge in [-0.3, -0.25) is 10.1 Å². The van der Waals surface area contributed by atoms with Gasteiger partial charge in [-0.25, -0.2) is 9.59 Å². The number of cyclic esters (lactones) is 1. The summed E-state index contributed by atoms with van der Waals surface area (Å²) in [6, 6.07) is 16.1. The number of carbonyl (C=O) groups excluding carboxylic acids is 2. The minimum atomic E-state index is -0.754. The van der Waals surface area contributed by atoms with E-state index in [1.165, 1.54) is 23.8 Å². The number of benzene rings is 2. The Balaban J connectivity index is 1.59. The van der Waals surface area contributed by atoms with Crippen LogP contribution in [-0.4, -0.2) is 29.1 Å². The first kappa shape index (κ1) is 26.3. The first-order valence-corrected chi connectivity index (χ1v) is 12.7. The number of non-ortho nitro benzene ring substituents is 1. The van der Waals surface area contributed by atoms with Gasteiger partial charge in [-0.2, -0.15) is 0 Å². The first-order chi connectivity index (χ1) is 17.6. The monoisotopic (exact) mass is 503 g/mol. The van der Waals surface area contributed by atoms with Crippen molar-refractivity contribution in [1.82, 2.24) is 0 Å². The highest BCUT2D eigenvalue weighted by Crippen LogP contribution is 2.44. The molecule has 1 aliphatic carbocycles. The summed E-state index contributed by atoms with van der Waals surface area (Å²) in [5, 5.41) is 11.1. The highest BCUT2D eigenvalue weighted by molar-refractivity contribution is 5.91. The predicted octanol–water partition coefficient (Wildman–Crippen LogP) is 6.04. The minimum Gasteiger partial charge on any atom is -0.459 e. The molecule has 2 aromatic carbocycles. The summed E-state index contributed by atoms with van der Waals surface area (Å²) in [5.74, 6) is -1.25. The van der Waals surface area contributed by atoms with Crippen LogP contribution in [0.15, 0.2) is 78.9 Å². The zero-order valence-corrected chi connectivity index (χ0v) is 21.5. The Morgan fingerprint density at radius 2 is 1.81 bits per heavy atom. The van der Waals surface area contributed by atoms with Crippen LogP contribution in [0.1, 0.15) is 57.1 Å². The Bertz CT molecular complexity index is 1200. The molecule has 0 bridgehead atoms. The van der Waals surface area contributed by atoms with Crippen molar-refractivity contribution in [2.45, 2.75) is 63.6 Å². The van der Waals surface area contributed by atoms with Gasteiger partial charge < -0.3 is 9.47 Å². The molecule has 0 spiro atoms. The molecule has 1 fully saturated rings. The zero-order valence-electron chi connectivity index (χ0n) is 21.5. The van der Waals surface area contributed by atoms with Crippen LogP contribution in [0.25, 0.3) is 0 Å². The highest BCUT2D eigenvalue weighted by Gasteiger charge is 2.43. The number of nitro benzene ring substituents is 1. The lowest BCUT2D eigenvalue weighted by molar-refractivity contribution is -0.384. The quantitative estimate of drug-likeness (QED) is 0.189. The molecule has 2 aromatic rings. The molecule has 0 unspecified atom stereocenters. The number of nitrogens with zero attached hydrogens (tertiary/aromatic N) is 1. The number of ether oxygens (including phenoxy) is 2. The van der Waals surface area contributed by atoms with Gasteiger partial charge in [0.05, 0.1) is 10.8 Å². The molecule has 0 radical (unpaired) electrons. The molecule has 5 atom stereocenters. The van der Waals surface area contributed by atoms with Crippen LogP contribution in [0.3, 0.4) is 0 Å². The van der Waals surface area contributed by atoms with Gasteiger partial charge in [0.2, 0.25) is 0 Å². The lowest BCUT2D eigenvalue weighted by Crippen LogP contribution is -2.44. The van der Waals surface area contributed by atoms with Gasteiger partial charge >= 0.3 is 11.9 Å². The zero-order chi connectivity index (χ0) is 26.7. The van der Waals surface area contributed by atoms with Crippen LogP contribution in [-0.2, 0) is 24.5 Å². The van der Waals surface area contributed by atoms with E-state index in [4.69, 9.17) is 9.47 Å². The Morgan fingerprint density at radius 1 is 1.14 bits per heavy atom. The molecule has 7 nitrogen and oxygen atoms in total. The first-order valence-electron chi connectivity index (χ1n) is 12.7. The lowest BCUT2D eigenvalue weighted by Gasteiger charge is -2.44. The second kappa shape index (κ2) is 10.7. The fourth-order valence-corrected chi connectivity index (χ4v) is 5.66. The average molecular weight is 504 g/mol. The largest absolute Gasteiger partial charge is 0.459 e. The molecular formula is C30H33NO6. The molecule has 37 heavy (non-hydrogen) atoms. The number of esters is 2. The summed E-state index contributed by atoms with van der Waals surface area (Å²) in [7, 11) is 0. The summed E-state index contributed by atoms with van der Waals surface area (Å²) in [4.78, 5) is 36.0. The summed E-state index contributed by atoms with van der Waals surface area (Å²) < 4.78 is 11.6. The number of hydrogen-bond acceptors (Lipinski definition) is 6. The van der Waals surface area contributed by atoms with Gasteiger partial charge in [0, 0.05) is 29.7 Å². The van der Waals surface area contributed by atoms with E-state index >= 15 is 0 Å². The van der Waals surface area contributed by atoms with E-state index in [1.807, 2.05) is 18.2 Å². The van der Waals surface area contributed by atoms with E-state index < -0.39 is 28.9 Å². The van der Waals surface area contributed by atoms with E-state index in [0.717, 1.165) is 19.3 Å². The summed E-state index contributed by atoms with van der Waals surface area (Å²) in [6.07, 6.45) is 4.57. The number of nitro groups is 1. The third kappa shape index (κ3) is 5.66.